The summed E-state index contributed by atoms with van der Waals surface area (Å²) in [5.74, 6) is 0. The van der Waals surface area contributed by atoms with Gasteiger partial charge in [-0.3, -0.25) is 0 Å². The Morgan fingerprint density at radius 3 is 2.38 bits per heavy atom. The van der Waals surface area contributed by atoms with E-state index in [0.717, 1.165) is 42.6 Å². The average Bonchev–Trinajstić information content (AvgIpc) is 3.17. The van der Waals surface area contributed by atoms with Gasteiger partial charge >= 0.3 is 0 Å². The summed E-state index contributed by atoms with van der Waals surface area (Å²) in [5, 5.41) is 0.818. The number of hydrogen-bond donors (Lipinski definition) is 1. The van der Waals surface area contributed by atoms with Crippen LogP contribution >= 0.6 is 23.4 Å². The summed E-state index contributed by atoms with van der Waals surface area (Å²) < 4.78 is 35.5. The quantitative estimate of drug-likeness (QED) is 0.656. The molecule has 1 aliphatic heterocycles. The molecule has 3 fully saturated rings. The molecule has 4 nitrogen and oxygen atoms in total. The van der Waals surface area contributed by atoms with Crippen molar-refractivity contribution in [2.45, 2.75) is 71.3 Å². The molecule has 1 N–H and O–H groups in total. The lowest BCUT2D eigenvalue weighted by Crippen LogP contribution is -2.50. The Hall–Kier alpha value is -1.05. The molecule has 2 aromatic rings. The molecule has 2 aliphatic carbocycles. The van der Waals surface area contributed by atoms with E-state index in [4.69, 9.17) is 16.3 Å². The van der Waals surface area contributed by atoms with Crippen LogP contribution in [0, 0.1) is 6.92 Å². The van der Waals surface area contributed by atoms with Crippen LogP contribution in [0.3, 0.4) is 0 Å². The smallest absolute Gasteiger partial charge is 0.240 e. The fourth-order valence-electron chi connectivity index (χ4n) is 5.09. The van der Waals surface area contributed by atoms with Crippen LogP contribution in [0.1, 0.15) is 37.7 Å². The number of ether oxygens (including phenoxy) is 1. The summed E-state index contributed by atoms with van der Waals surface area (Å²) in [6.45, 7) is 1.95. The highest BCUT2D eigenvalue weighted by molar-refractivity contribution is 8.00. The standard InChI is InChI=1S/C22H24ClNO3S2/c1-15-3-9-18(10-4-15)29(25,26)24-19-13-21-11-2-12-22(21,27-21)14-20(19)28-17-7-5-16(23)6-8-17/h3-10,19-20,24H,2,11-14H2,1H3/t19-,20-,21-,22+/m1/s1. The van der Waals surface area contributed by atoms with E-state index in [2.05, 4.69) is 4.72 Å². The molecule has 29 heavy (non-hydrogen) atoms. The van der Waals surface area contributed by atoms with E-state index >= 15 is 0 Å². The highest BCUT2D eigenvalue weighted by atomic mass is 35.5. The van der Waals surface area contributed by atoms with Gasteiger partial charge in [-0.05, 0) is 75.4 Å². The van der Waals surface area contributed by atoms with Crippen LogP contribution in [0.5, 0.6) is 0 Å². The van der Waals surface area contributed by atoms with Crippen molar-refractivity contribution >= 4 is 33.4 Å². The van der Waals surface area contributed by atoms with Gasteiger partial charge in [-0.2, -0.15) is 0 Å². The fourth-order valence-corrected chi connectivity index (χ4v) is 7.91. The van der Waals surface area contributed by atoms with Crippen molar-refractivity contribution in [3.8, 4) is 0 Å². The maximum atomic E-state index is 13.1. The number of hydrogen-bond acceptors (Lipinski definition) is 4. The van der Waals surface area contributed by atoms with Crippen LogP contribution in [-0.4, -0.2) is 30.9 Å². The first-order chi connectivity index (χ1) is 13.8. The lowest BCUT2D eigenvalue weighted by atomic mass is 9.79. The van der Waals surface area contributed by atoms with Crippen LogP contribution < -0.4 is 4.72 Å². The number of thioether (sulfide) groups is 1. The van der Waals surface area contributed by atoms with Gasteiger partial charge in [0, 0.05) is 21.2 Å². The van der Waals surface area contributed by atoms with Crippen LogP contribution in [0.4, 0.5) is 0 Å². The Morgan fingerprint density at radius 1 is 1.03 bits per heavy atom. The molecule has 0 bridgehead atoms. The lowest BCUT2D eigenvalue weighted by molar-refractivity contribution is 0.216. The normalized spacial score (nSPS) is 33.2. The van der Waals surface area contributed by atoms with Gasteiger partial charge in [0.05, 0.1) is 16.1 Å². The van der Waals surface area contributed by atoms with Crippen molar-refractivity contribution in [2.24, 2.45) is 0 Å². The Bertz CT molecular complexity index is 1030. The zero-order valence-electron chi connectivity index (χ0n) is 16.2. The minimum Gasteiger partial charge on any atom is -0.362 e. The van der Waals surface area contributed by atoms with Gasteiger partial charge in [-0.15, -0.1) is 11.8 Å². The Balaban J connectivity index is 1.41. The second-order valence-electron chi connectivity index (χ2n) is 8.50. The Kier molecular flexibility index (Phi) is 4.79. The summed E-state index contributed by atoms with van der Waals surface area (Å²) >= 11 is 7.75. The lowest BCUT2D eigenvalue weighted by Gasteiger charge is -2.35. The van der Waals surface area contributed by atoms with E-state index in [1.54, 1.807) is 23.9 Å². The fraction of sp³-hybridized carbons (Fsp3) is 0.455. The number of rotatable bonds is 5. The van der Waals surface area contributed by atoms with E-state index in [0.29, 0.717) is 9.92 Å². The number of nitrogens with one attached hydrogen (secondary N) is 1. The van der Waals surface area contributed by atoms with Crippen molar-refractivity contribution < 1.29 is 13.2 Å². The molecule has 2 saturated carbocycles. The number of epoxide rings is 1. The second kappa shape index (κ2) is 6.99. The molecule has 5 rings (SSSR count). The molecular formula is C22H24ClNO3S2. The Morgan fingerprint density at radius 2 is 1.69 bits per heavy atom. The molecule has 0 amide bonds. The maximum Gasteiger partial charge on any atom is 0.240 e. The minimum atomic E-state index is -3.59. The number of benzene rings is 2. The molecule has 0 aromatic heterocycles. The largest absolute Gasteiger partial charge is 0.362 e. The van der Waals surface area contributed by atoms with E-state index in [1.807, 2.05) is 43.3 Å². The minimum absolute atomic E-state index is 0.0388. The molecule has 0 unspecified atom stereocenters. The highest BCUT2D eigenvalue weighted by Crippen LogP contribution is 2.67. The van der Waals surface area contributed by atoms with Gasteiger partial charge in [0.2, 0.25) is 10.0 Å². The van der Waals surface area contributed by atoms with Gasteiger partial charge in [0.15, 0.2) is 0 Å². The van der Waals surface area contributed by atoms with Crippen LogP contribution in [0.25, 0.3) is 0 Å². The molecule has 4 atom stereocenters. The molecule has 1 saturated heterocycles. The predicted octanol–water partition coefficient (Wildman–Crippen LogP) is 4.94. The first kappa shape index (κ1) is 19.9. The number of halogens is 1. The first-order valence-corrected chi connectivity index (χ1v) is 12.8. The van der Waals surface area contributed by atoms with Crippen LogP contribution in [0.15, 0.2) is 58.3 Å². The zero-order chi connectivity index (χ0) is 20.3. The van der Waals surface area contributed by atoms with Crippen molar-refractivity contribution in [3.63, 3.8) is 0 Å². The SMILES string of the molecule is Cc1ccc(S(=O)(=O)N[C@@H]2C[C@]34CCC[C@@]3(C[C@H]2Sc2ccc(Cl)cc2)O4)cc1. The summed E-state index contributed by atoms with van der Waals surface area (Å²) in [5.41, 5.74) is 0.881. The van der Waals surface area contributed by atoms with E-state index in [1.165, 1.54) is 0 Å². The van der Waals surface area contributed by atoms with Crippen molar-refractivity contribution in [2.75, 3.05) is 0 Å². The molecular weight excluding hydrogens is 426 g/mol. The summed E-state index contributed by atoms with van der Waals surface area (Å²) in [7, 11) is -3.59. The third-order valence-corrected chi connectivity index (χ3v) is 9.71. The second-order valence-corrected chi connectivity index (χ2v) is 12.0. The van der Waals surface area contributed by atoms with E-state index < -0.39 is 10.0 Å². The molecule has 0 radical (unpaired) electrons. The van der Waals surface area contributed by atoms with Gasteiger partial charge < -0.3 is 4.74 Å². The molecule has 0 spiro atoms. The number of sulfonamides is 1. The van der Waals surface area contributed by atoms with Gasteiger partial charge in [-0.25, -0.2) is 13.1 Å². The predicted molar refractivity (Wildman–Crippen MR) is 116 cm³/mol. The highest BCUT2D eigenvalue weighted by Gasteiger charge is 2.75. The van der Waals surface area contributed by atoms with Gasteiger partial charge in [-0.1, -0.05) is 29.3 Å². The molecule has 2 aromatic carbocycles. The van der Waals surface area contributed by atoms with Crippen LogP contribution in [0.2, 0.25) is 5.02 Å². The van der Waals surface area contributed by atoms with Crippen molar-refractivity contribution in [3.05, 3.63) is 59.1 Å². The third-order valence-electron chi connectivity index (χ3n) is 6.61. The number of aryl methyl sites for hydroxylation is 1. The van der Waals surface area contributed by atoms with E-state index in [-0.39, 0.29) is 22.5 Å². The molecule has 154 valence electrons. The molecule has 3 aliphatic rings. The zero-order valence-corrected chi connectivity index (χ0v) is 18.6. The average molecular weight is 450 g/mol. The van der Waals surface area contributed by atoms with Gasteiger partial charge in [0.1, 0.15) is 0 Å². The summed E-state index contributed by atoms with van der Waals surface area (Å²) in [4.78, 5) is 1.41. The van der Waals surface area contributed by atoms with Gasteiger partial charge in [0.25, 0.3) is 0 Å². The van der Waals surface area contributed by atoms with Crippen molar-refractivity contribution in [1.29, 1.82) is 0 Å². The monoisotopic (exact) mass is 449 g/mol. The van der Waals surface area contributed by atoms with E-state index in [9.17, 15) is 8.42 Å². The van der Waals surface area contributed by atoms with Crippen molar-refractivity contribution in [1.82, 2.24) is 4.72 Å². The summed E-state index contributed by atoms with van der Waals surface area (Å²) in [6.07, 6.45) is 4.90. The summed E-state index contributed by atoms with van der Waals surface area (Å²) in [6, 6.07) is 14.6. The third kappa shape index (κ3) is 3.53. The topological polar surface area (TPSA) is 58.7 Å². The molecule has 1 heterocycles. The molecule has 7 heteroatoms. The Labute approximate surface area is 181 Å². The van der Waals surface area contributed by atoms with Crippen LogP contribution in [-0.2, 0) is 14.8 Å². The first-order valence-electron chi connectivity index (χ1n) is 10.0. The maximum absolute atomic E-state index is 13.1.